The Hall–Kier alpha value is -0.610. The van der Waals surface area contributed by atoms with Crippen LogP contribution in [0.4, 0.5) is 0 Å². The van der Waals surface area contributed by atoms with Crippen molar-refractivity contribution in [2.45, 2.75) is 52.5 Å². The van der Waals surface area contributed by atoms with E-state index in [1.807, 2.05) is 0 Å². The number of ether oxygens (including phenoxy) is 1. The molecule has 1 amide bonds. The minimum absolute atomic E-state index is 0.200. The average Bonchev–Trinajstić information content (AvgIpc) is 2.42. The third kappa shape index (κ3) is 6.39. The zero-order valence-corrected chi connectivity index (χ0v) is 12.8. The molecule has 0 aromatic heterocycles. The third-order valence-electron chi connectivity index (χ3n) is 3.82. The van der Waals surface area contributed by atoms with Crippen molar-refractivity contribution in [2.24, 2.45) is 5.92 Å². The third-order valence-corrected chi connectivity index (χ3v) is 3.82. The standard InChI is InChI=1S/C15H30N2O2/c1-4-5-11-19-12-8-16-15(18)14-6-9-17(10-7-14)13(2)3/h13-14H,4-12H2,1-3H3,(H,16,18). The fourth-order valence-corrected chi connectivity index (χ4v) is 2.42. The quantitative estimate of drug-likeness (QED) is 0.686. The van der Waals surface area contributed by atoms with E-state index in [2.05, 4.69) is 31.0 Å². The molecule has 1 aliphatic heterocycles. The van der Waals surface area contributed by atoms with Crippen molar-refractivity contribution in [3.8, 4) is 0 Å². The lowest BCUT2D eigenvalue weighted by Gasteiger charge is -2.33. The van der Waals surface area contributed by atoms with Gasteiger partial charge in [-0.3, -0.25) is 4.79 Å². The van der Waals surface area contributed by atoms with Gasteiger partial charge in [0.15, 0.2) is 0 Å². The first-order valence-electron chi connectivity index (χ1n) is 7.74. The van der Waals surface area contributed by atoms with Gasteiger partial charge in [0.25, 0.3) is 0 Å². The van der Waals surface area contributed by atoms with Crippen molar-refractivity contribution in [1.82, 2.24) is 10.2 Å². The summed E-state index contributed by atoms with van der Waals surface area (Å²) in [6, 6.07) is 0.593. The number of rotatable bonds is 8. The smallest absolute Gasteiger partial charge is 0.223 e. The van der Waals surface area contributed by atoms with Gasteiger partial charge in [0, 0.05) is 25.1 Å². The molecule has 0 saturated carbocycles. The Labute approximate surface area is 117 Å². The highest BCUT2D eigenvalue weighted by Crippen LogP contribution is 2.18. The Morgan fingerprint density at radius 1 is 1.32 bits per heavy atom. The molecule has 0 aromatic rings. The van der Waals surface area contributed by atoms with Gasteiger partial charge in [-0.1, -0.05) is 13.3 Å². The second kappa shape index (κ2) is 9.32. The molecule has 1 aliphatic rings. The number of amides is 1. The lowest BCUT2D eigenvalue weighted by molar-refractivity contribution is -0.126. The van der Waals surface area contributed by atoms with Gasteiger partial charge in [-0.2, -0.15) is 0 Å². The molecule has 1 fully saturated rings. The first-order chi connectivity index (χ1) is 9.15. The predicted octanol–water partition coefficient (Wildman–Crippen LogP) is 2.04. The number of hydrogen-bond acceptors (Lipinski definition) is 3. The fraction of sp³-hybridized carbons (Fsp3) is 0.933. The van der Waals surface area contributed by atoms with E-state index in [-0.39, 0.29) is 11.8 Å². The minimum Gasteiger partial charge on any atom is -0.380 e. The highest BCUT2D eigenvalue weighted by atomic mass is 16.5. The lowest BCUT2D eigenvalue weighted by atomic mass is 9.95. The van der Waals surface area contributed by atoms with Crippen LogP contribution in [0.3, 0.4) is 0 Å². The molecule has 1 rings (SSSR count). The maximum Gasteiger partial charge on any atom is 0.223 e. The number of hydrogen-bond donors (Lipinski definition) is 1. The van der Waals surface area contributed by atoms with E-state index in [0.717, 1.165) is 45.4 Å². The maximum absolute atomic E-state index is 12.0. The van der Waals surface area contributed by atoms with E-state index in [1.165, 1.54) is 0 Å². The molecule has 0 aliphatic carbocycles. The van der Waals surface area contributed by atoms with E-state index in [4.69, 9.17) is 4.74 Å². The summed E-state index contributed by atoms with van der Waals surface area (Å²) in [6.45, 7) is 10.8. The summed E-state index contributed by atoms with van der Waals surface area (Å²) in [5.41, 5.74) is 0. The Morgan fingerprint density at radius 3 is 2.58 bits per heavy atom. The Balaban J connectivity index is 2.07. The lowest BCUT2D eigenvalue weighted by Crippen LogP contribution is -2.43. The first-order valence-corrected chi connectivity index (χ1v) is 7.74. The van der Waals surface area contributed by atoms with Crippen LogP contribution < -0.4 is 5.32 Å². The van der Waals surface area contributed by atoms with Gasteiger partial charge in [-0.25, -0.2) is 0 Å². The van der Waals surface area contributed by atoms with Gasteiger partial charge in [0.05, 0.1) is 6.61 Å². The molecule has 0 spiro atoms. The van der Waals surface area contributed by atoms with Crippen LogP contribution in [0.25, 0.3) is 0 Å². The van der Waals surface area contributed by atoms with Crippen LogP contribution >= 0.6 is 0 Å². The molecule has 0 aromatic carbocycles. The maximum atomic E-state index is 12.0. The number of carbonyl (C=O) groups is 1. The van der Waals surface area contributed by atoms with Crippen LogP contribution in [0.2, 0.25) is 0 Å². The summed E-state index contributed by atoms with van der Waals surface area (Å²) in [5, 5.41) is 2.99. The predicted molar refractivity (Wildman–Crippen MR) is 78.2 cm³/mol. The van der Waals surface area contributed by atoms with Crippen molar-refractivity contribution in [1.29, 1.82) is 0 Å². The van der Waals surface area contributed by atoms with Crippen LogP contribution in [0.5, 0.6) is 0 Å². The molecule has 4 heteroatoms. The SMILES string of the molecule is CCCCOCCNC(=O)C1CCN(C(C)C)CC1. The van der Waals surface area contributed by atoms with Crippen LogP contribution in [-0.2, 0) is 9.53 Å². The molecule has 0 atom stereocenters. The van der Waals surface area contributed by atoms with Crippen molar-refractivity contribution in [3.05, 3.63) is 0 Å². The minimum atomic E-state index is 0.200. The van der Waals surface area contributed by atoms with Gasteiger partial charge in [0.1, 0.15) is 0 Å². The molecule has 1 heterocycles. The van der Waals surface area contributed by atoms with Crippen molar-refractivity contribution in [3.63, 3.8) is 0 Å². The molecule has 0 radical (unpaired) electrons. The summed E-state index contributed by atoms with van der Waals surface area (Å²) in [7, 11) is 0. The number of nitrogens with one attached hydrogen (secondary N) is 1. The van der Waals surface area contributed by atoms with E-state index in [9.17, 15) is 4.79 Å². The van der Waals surface area contributed by atoms with Gasteiger partial charge >= 0.3 is 0 Å². The van der Waals surface area contributed by atoms with Gasteiger partial charge < -0.3 is 15.0 Å². The number of unbranched alkanes of at least 4 members (excludes halogenated alkanes) is 1. The summed E-state index contributed by atoms with van der Waals surface area (Å²) in [4.78, 5) is 14.4. The Kier molecular flexibility index (Phi) is 8.07. The zero-order chi connectivity index (χ0) is 14.1. The summed E-state index contributed by atoms with van der Waals surface area (Å²) < 4.78 is 5.44. The molecule has 1 saturated heterocycles. The van der Waals surface area contributed by atoms with E-state index >= 15 is 0 Å². The van der Waals surface area contributed by atoms with Gasteiger partial charge in [0.2, 0.25) is 5.91 Å². The summed E-state index contributed by atoms with van der Waals surface area (Å²) in [5.74, 6) is 0.410. The summed E-state index contributed by atoms with van der Waals surface area (Å²) >= 11 is 0. The normalized spacial score (nSPS) is 17.9. The molecule has 0 bridgehead atoms. The Bertz CT molecular complexity index is 249. The van der Waals surface area contributed by atoms with Crippen LogP contribution in [0, 0.1) is 5.92 Å². The van der Waals surface area contributed by atoms with Gasteiger partial charge in [-0.15, -0.1) is 0 Å². The van der Waals surface area contributed by atoms with Crippen LogP contribution in [0.15, 0.2) is 0 Å². The highest BCUT2D eigenvalue weighted by molar-refractivity contribution is 5.78. The number of nitrogens with zero attached hydrogens (tertiary/aromatic N) is 1. The zero-order valence-electron chi connectivity index (χ0n) is 12.8. The summed E-state index contributed by atoms with van der Waals surface area (Å²) in [6.07, 6.45) is 4.23. The first kappa shape index (κ1) is 16.4. The molecular weight excluding hydrogens is 240 g/mol. The fourth-order valence-electron chi connectivity index (χ4n) is 2.42. The van der Waals surface area contributed by atoms with Crippen molar-refractivity contribution in [2.75, 3.05) is 32.8 Å². The largest absolute Gasteiger partial charge is 0.380 e. The second-order valence-corrected chi connectivity index (χ2v) is 5.66. The molecular formula is C15H30N2O2. The Morgan fingerprint density at radius 2 is 2.00 bits per heavy atom. The highest BCUT2D eigenvalue weighted by Gasteiger charge is 2.25. The van der Waals surface area contributed by atoms with E-state index in [1.54, 1.807) is 0 Å². The number of carbonyl (C=O) groups excluding carboxylic acids is 1. The average molecular weight is 270 g/mol. The molecule has 0 unspecified atom stereocenters. The van der Waals surface area contributed by atoms with E-state index in [0.29, 0.717) is 19.2 Å². The monoisotopic (exact) mass is 270 g/mol. The molecule has 1 N–H and O–H groups in total. The molecule has 4 nitrogen and oxygen atoms in total. The van der Waals surface area contributed by atoms with Crippen LogP contribution in [-0.4, -0.2) is 49.7 Å². The second-order valence-electron chi connectivity index (χ2n) is 5.66. The van der Waals surface area contributed by atoms with Gasteiger partial charge in [-0.05, 0) is 46.2 Å². The number of likely N-dealkylation sites (tertiary alicyclic amines) is 1. The van der Waals surface area contributed by atoms with Crippen molar-refractivity contribution < 1.29 is 9.53 Å². The molecule has 112 valence electrons. The topological polar surface area (TPSA) is 41.6 Å². The molecule has 19 heavy (non-hydrogen) atoms. The van der Waals surface area contributed by atoms with Crippen molar-refractivity contribution >= 4 is 5.91 Å². The van der Waals surface area contributed by atoms with E-state index < -0.39 is 0 Å². The van der Waals surface area contributed by atoms with Crippen LogP contribution in [0.1, 0.15) is 46.5 Å². The number of piperidine rings is 1.